The molecule has 3 nitrogen and oxygen atoms in total. The lowest BCUT2D eigenvalue weighted by molar-refractivity contribution is 0.241. The fourth-order valence-corrected chi connectivity index (χ4v) is 3.19. The number of rotatable bonds is 7. The minimum atomic E-state index is 0.658. The van der Waals surface area contributed by atoms with Gasteiger partial charge in [-0.1, -0.05) is 22.9 Å². The summed E-state index contributed by atoms with van der Waals surface area (Å²) >= 11 is 3.65. The molecule has 1 N–H and O–H groups in total. The Morgan fingerprint density at radius 2 is 2.30 bits per heavy atom. The normalized spacial score (nSPS) is 18.7. The maximum Gasteiger partial charge on any atom is 0.119 e. The minimum absolute atomic E-state index is 0.658. The van der Waals surface area contributed by atoms with E-state index >= 15 is 0 Å². The Bertz CT molecular complexity index is 419. The lowest BCUT2D eigenvalue weighted by atomic mass is 10.1. The van der Waals surface area contributed by atoms with Crippen LogP contribution in [0.5, 0.6) is 5.75 Å². The Labute approximate surface area is 130 Å². The number of ether oxygens (including phenoxy) is 1. The third-order valence-electron chi connectivity index (χ3n) is 3.83. The first-order valence-electron chi connectivity index (χ1n) is 7.51. The number of methoxy groups -OCH3 is 1. The van der Waals surface area contributed by atoms with Crippen molar-refractivity contribution in [3.8, 4) is 5.75 Å². The molecule has 4 heteroatoms. The zero-order valence-electron chi connectivity index (χ0n) is 12.5. The van der Waals surface area contributed by atoms with Crippen molar-refractivity contribution in [1.82, 2.24) is 10.2 Å². The molecular formula is C16H25BrN2O. The molecule has 1 aromatic carbocycles. The fourth-order valence-electron chi connectivity index (χ4n) is 2.82. The van der Waals surface area contributed by atoms with Crippen LogP contribution in [0.3, 0.4) is 0 Å². The summed E-state index contributed by atoms with van der Waals surface area (Å²) in [7, 11) is 1.72. The first kappa shape index (κ1) is 15.8. The number of nitrogens with one attached hydrogen (secondary N) is 1. The predicted octanol–water partition coefficient (Wildman–Crippen LogP) is 3.42. The smallest absolute Gasteiger partial charge is 0.119 e. The number of hydrogen-bond acceptors (Lipinski definition) is 3. The topological polar surface area (TPSA) is 24.5 Å². The van der Waals surface area contributed by atoms with Crippen molar-refractivity contribution >= 4 is 15.9 Å². The number of benzene rings is 1. The highest BCUT2D eigenvalue weighted by molar-refractivity contribution is 9.10. The van der Waals surface area contributed by atoms with Crippen LogP contribution in [-0.4, -0.2) is 37.7 Å². The van der Waals surface area contributed by atoms with E-state index in [-0.39, 0.29) is 0 Å². The van der Waals surface area contributed by atoms with Gasteiger partial charge < -0.3 is 10.1 Å². The number of halogens is 1. The number of nitrogens with zero attached hydrogens (tertiary/aromatic N) is 1. The van der Waals surface area contributed by atoms with E-state index in [1.165, 1.54) is 35.8 Å². The molecule has 0 bridgehead atoms. The molecule has 0 amide bonds. The molecule has 1 fully saturated rings. The van der Waals surface area contributed by atoms with Crippen LogP contribution in [0, 0.1) is 0 Å². The SMILES string of the molecule is CCCN(Cc1cc(OC)ccc1Br)CC1CCCN1. The van der Waals surface area contributed by atoms with E-state index in [1.807, 2.05) is 6.07 Å². The van der Waals surface area contributed by atoms with E-state index in [4.69, 9.17) is 4.74 Å². The van der Waals surface area contributed by atoms with Gasteiger partial charge in [0.25, 0.3) is 0 Å². The summed E-state index contributed by atoms with van der Waals surface area (Å²) in [5.41, 5.74) is 1.30. The Morgan fingerprint density at radius 1 is 1.45 bits per heavy atom. The average Bonchev–Trinajstić information content (AvgIpc) is 2.94. The molecule has 1 atom stereocenters. The quantitative estimate of drug-likeness (QED) is 0.822. The largest absolute Gasteiger partial charge is 0.497 e. The second-order valence-corrected chi connectivity index (χ2v) is 6.34. The van der Waals surface area contributed by atoms with Crippen molar-refractivity contribution in [3.05, 3.63) is 28.2 Å². The van der Waals surface area contributed by atoms with Crippen LogP contribution >= 0.6 is 15.9 Å². The van der Waals surface area contributed by atoms with Gasteiger partial charge in [-0.15, -0.1) is 0 Å². The molecular weight excluding hydrogens is 316 g/mol. The second kappa shape index (κ2) is 8.01. The van der Waals surface area contributed by atoms with E-state index in [0.29, 0.717) is 6.04 Å². The molecule has 0 saturated carbocycles. The molecule has 0 aliphatic carbocycles. The molecule has 2 rings (SSSR count). The first-order chi connectivity index (χ1) is 9.72. The lowest BCUT2D eigenvalue weighted by Crippen LogP contribution is -2.37. The summed E-state index contributed by atoms with van der Waals surface area (Å²) in [6.07, 6.45) is 3.81. The van der Waals surface area contributed by atoms with Crippen LogP contribution in [0.2, 0.25) is 0 Å². The maximum absolute atomic E-state index is 5.33. The van der Waals surface area contributed by atoms with Crippen LogP contribution < -0.4 is 10.1 Å². The van der Waals surface area contributed by atoms with Crippen molar-refractivity contribution in [1.29, 1.82) is 0 Å². The van der Waals surface area contributed by atoms with Gasteiger partial charge in [-0.25, -0.2) is 0 Å². The van der Waals surface area contributed by atoms with E-state index in [0.717, 1.165) is 25.4 Å². The minimum Gasteiger partial charge on any atom is -0.497 e. The molecule has 1 unspecified atom stereocenters. The van der Waals surface area contributed by atoms with Gasteiger partial charge in [0, 0.05) is 23.6 Å². The number of hydrogen-bond donors (Lipinski definition) is 1. The van der Waals surface area contributed by atoms with E-state index in [1.54, 1.807) is 7.11 Å². The molecule has 20 heavy (non-hydrogen) atoms. The van der Waals surface area contributed by atoms with Gasteiger partial charge in [-0.05, 0) is 56.1 Å². The molecule has 0 spiro atoms. The van der Waals surface area contributed by atoms with Crippen molar-refractivity contribution < 1.29 is 4.74 Å². The van der Waals surface area contributed by atoms with Gasteiger partial charge in [0.1, 0.15) is 5.75 Å². The van der Waals surface area contributed by atoms with E-state index < -0.39 is 0 Å². The predicted molar refractivity (Wildman–Crippen MR) is 87.3 cm³/mol. The second-order valence-electron chi connectivity index (χ2n) is 5.49. The van der Waals surface area contributed by atoms with Gasteiger partial charge in [-0.3, -0.25) is 4.90 Å². The van der Waals surface area contributed by atoms with Crippen LogP contribution in [0.25, 0.3) is 0 Å². The van der Waals surface area contributed by atoms with Gasteiger partial charge >= 0.3 is 0 Å². The summed E-state index contributed by atoms with van der Waals surface area (Å²) in [6, 6.07) is 6.86. The van der Waals surface area contributed by atoms with Gasteiger partial charge in [0.2, 0.25) is 0 Å². The third-order valence-corrected chi connectivity index (χ3v) is 4.60. The van der Waals surface area contributed by atoms with Crippen molar-refractivity contribution in [3.63, 3.8) is 0 Å². The summed E-state index contributed by atoms with van der Waals surface area (Å²) in [6.45, 7) is 6.67. The fraction of sp³-hybridized carbons (Fsp3) is 0.625. The van der Waals surface area contributed by atoms with Gasteiger partial charge in [0.15, 0.2) is 0 Å². The standard InChI is InChI=1S/C16H25BrN2O/c1-3-9-19(12-14-5-4-8-18-14)11-13-10-15(20-2)6-7-16(13)17/h6-7,10,14,18H,3-5,8-9,11-12H2,1-2H3. The Kier molecular flexibility index (Phi) is 6.33. The molecule has 1 heterocycles. The zero-order valence-corrected chi connectivity index (χ0v) is 14.1. The van der Waals surface area contributed by atoms with Gasteiger partial charge in [0.05, 0.1) is 7.11 Å². The van der Waals surface area contributed by atoms with Crippen LogP contribution in [0.15, 0.2) is 22.7 Å². The Morgan fingerprint density at radius 3 is 2.95 bits per heavy atom. The molecule has 112 valence electrons. The summed E-state index contributed by atoms with van der Waals surface area (Å²) in [5.74, 6) is 0.929. The van der Waals surface area contributed by atoms with Crippen LogP contribution in [0.1, 0.15) is 31.7 Å². The molecule has 1 aliphatic rings. The van der Waals surface area contributed by atoms with Crippen molar-refractivity contribution in [2.45, 2.75) is 38.8 Å². The highest BCUT2D eigenvalue weighted by Crippen LogP contribution is 2.24. The lowest BCUT2D eigenvalue weighted by Gasteiger charge is -2.26. The van der Waals surface area contributed by atoms with Gasteiger partial charge in [-0.2, -0.15) is 0 Å². The summed E-state index contributed by atoms with van der Waals surface area (Å²) < 4.78 is 6.50. The Hall–Kier alpha value is -0.580. The third kappa shape index (κ3) is 4.47. The van der Waals surface area contributed by atoms with Crippen molar-refractivity contribution in [2.75, 3.05) is 26.7 Å². The highest BCUT2D eigenvalue weighted by atomic mass is 79.9. The monoisotopic (exact) mass is 340 g/mol. The Balaban J connectivity index is 2.02. The maximum atomic E-state index is 5.33. The molecule has 0 aromatic heterocycles. The molecule has 0 radical (unpaired) electrons. The summed E-state index contributed by atoms with van der Waals surface area (Å²) in [4.78, 5) is 2.54. The van der Waals surface area contributed by atoms with Crippen LogP contribution in [0.4, 0.5) is 0 Å². The van der Waals surface area contributed by atoms with E-state index in [9.17, 15) is 0 Å². The van der Waals surface area contributed by atoms with Crippen molar-refractivity contribution in [2.24, 2.45) is 0 Å². The molecule has 1 aliphatic heterocycles. The molecule has 1 aromatic rings. The summed E-state index contributed by atoms with van der Waals surface area (Å²) in [5, 5.41) is 3.59. The first-order valence-corrected chi connectivity index (χ1v) is 8.30. The zero-order chi connectivity index (χ0) is 14.4. The average molecular weight is 341 g/mol. The van der Waals surface area contributed by atoms with E-state index in [2.05, 4.69) is 45.2 Å². The molecule has 1 saturated heterocycles. The van der Waals surface area contributed by atoms with Crippen LogP contribution in [-0.2, 0) is 6.54 Å². The highest BCUT2D eigenvalue weighted by Gasteiger charge is 2.18.